The second-order valence-corrected chi connectivity index (χ2v) is 5.55. The molecule has 0 spiro atoms. The van der Waals surface area contributed by atoms with Gasteiger partial charge >= 0.3 is 0 Å². The van der Waals surface area contributed by atoms with Crippen molar-refractivity contribution in [2.75, 3.05) is 18.4 Å². The molecule has 0 saturated heterocycles. The molecular weight excluding hydrogens is 278 g/mol. The molecule has 2 heterocycles. The summed E-state index contributed by atoms with van der Waals surface area (Å²) in [6.07, 6.45) is 9.84. The number of aromatic nitrogens is 3. The number of carbonyl (C=O) groups excluding carboxylic acids is 1. The lowest BCUT2D eigenvalue weighted by Gasteiger charge is -2.11. The molecule has 1 aliphatic rings. The summed E-state index contributed by atoms with van der Waals surface area (Å²) in [6, 6.07) is 5.79. The van der Waals surface area contributed by atoms with Crippen LogP contribution in [0, 0.1) is 5.92 Å². The Labute approximate surface area is 130 Å². The fraction of sp³-hybridized carbons (Fsp3) is 0.438. The zero-order chi connectivity index (χ0) is 15.2. The number of hydrogen-bond acceptors (Lipinski definition) is 4. The molecule has 6 heteroatoms. The average molecular weight is 299 g/mol. The van der Waals surface area contributed by atoms with Crippen molar-refractivity contribution in [3.63, 3.8) is 0 Å². The Hall–Kier alpha value is -2.37. The van der Waals surface area contributed by atoms with Gasteiger partial charge in [-0.2, -0.15) is 0 Å². The maximum absolute atomic E-state index is 11.9. The van der Waals surface area contributed by atoms with E-state index in [4.69, 9.17) is 0 Å². The summed E-state index contributed by atoms with van der Waals surface area (Å²) in [5.41, 5.74) is 0. The molecule has 0 aromatic carbocycles. The smallest absolute Gasteiger partial charge is 0.223 e. The Morgan fingerprint density at radius 1 is 1.18 bits per heavy atom. The molecule has 22 heavy (non-hydrogen) atoms. The van der Waals surface area contributed by atoms with E-state index < -0.39 is 0 Å². The Morgan fingerprint density at radius 3 is 2.73 bits per heavy atom. The summed E-state index contributed by atoms with van der Waals surface area (Å²) >= 11 is 0. The highest BCUT2D eigenvalue weighted by atomic mass is 16.1. The molecule has 0 radical (unpaired) electrons. The standard InChI is InChI=1S/C16H21N5O/c22-16(13-5-1-2-6-13)18-8-7-17-14-11-15(20-12-19-14)21-9-3-4-10-21/h3-4,9-13H,1-2,5-8H2,(H,18,22)(H,17,19,20). The molecule has 2 aromatic rings. The van der Waals surface area contributed by atoms with Gasteiger partial charge < -0.3 is 15.2 Å². The van der Waals surface area contributed by atoms with Crippen LogP contribution in [-0.2, 0) is 4.79 Å². The second-order valence-electron chi connectivity index (χ2n) is 5.55. The van der Waals surface area contributed by atoms with Gasteiger partial charge in [0.15, 0.2) is 0 Å². The first-order chi connectivity index (χ1) is 10.8. The van der Waals surface area contributed by atoms with Crippen LogP contribution < -0.4 is 10.6 Å². The maximum Gasteiger partial charge on any atom is 0.223 e. The number of nitrogens with one attached hydrogen (secondary N) is 2. The van der Waals surface area contributed by atoms with Gasteiger partial charge in [-0.3, -0.25) is 4.79 Å². The zero-order valence-electron chi connectivity index (χ0n) is 12.5. The molecule has 0 unspecified atom stereocenters. The molecule has 1 saturated carbocycles. The van der Waals surface area contributed by atoms with Gasteiger partial charge in [-0.15, -0.1) is 0 Å². The van der Waals surface area contributed by atoms with Crippen molar-refractivity contribution in [3.8, 4) is 5.82 Å². The molecule has 1 fully saturated rings. The van der Waals surface area contributed by atoms with Crippen molar-refractivity contribution in [3.05, 3.63) is 36.9 Å². The van der Waals surface area contributed by atoms with E-state index in [0.717, 1.165) is 24.5 Å². The lowest BCUT2D eigenvalue weighted by atomic mass is 10.1. The molecule has 1 aliphatic carbocycles. The normalized spacial score (nSPS) is 14.9. The molecule has 6 nitrogen and oxygen atoms in total. The van der Waals surface area contributed by atoms with E-state index in [1.807, 2.05) is 35.2 Å². The van der Waals surface area contributed by atoms with E-state index in [9.17, 15) is 4.79 Å². The average Bonchev–Trinajstić information content (AvgIpc) is 3.24. The van der Waals surface area contributed by atoms with Crippen LogP contribution in [0.4, 0.5) is 5.82 Å². The highest BCUT2D eigenvalue weighted by molar-refractivity contribution is 5.78. The quantitative estimate of drug-likeness (QED) is 0.800. The van der Waals surface area contributed by atoms with E-state index in [-0.39, 0.29) is 11.8 Å². The van der Waals surface area contributed by atoms with E-state index in [0.29, 0.717) is 13.1 Å². The molecule has 1 amide bonds. The van der Waals surface area contributed by atoms with Gasteiger partial charge in [0.1, 0.15) is 18.0 Å². The van der Waals surface area contributed by atoms with Crippen molar-refractivity contribution in [1.29, 1.82) is 0 Å². The van der Waals surface area contributed by atoms with Crippen LogP contribution in [0.5, 0.6) is 0 Å². The largest absolute Gasteiger partial charge is 0.368 e. The number of hydrogen-bond donors (Lipinski definition) is 2. The SMILES string of the molecule is O=C(NCCNc1cc(-n2cccc2)ncn1)C1CCCC1. The Bertz CT molecular complexity index is 605. The second kappa shape index (κ2) is 7.06. The molecule has 0 atom stereocenters. The third-order valence-electron chi connectivity index (χ3n) is 3.98. The minimum Gasteiger partial charge on any atom is -0.368 e. The van der Waals surface area contributed by atoms with Gasteiger partial charge in [0.2, 0.25) is 5.91 Å². The van der Waals surface area contributed by atoms with Crippen LogP contribution in [-0.4, -0.2) is 33.5 Å². The van der Waals surface area contributed by atoms with E-state index >= 15 is 0 Å². The topological polar surface area (TPSA) is 71.8 Å². The van der Waals surface area contributed by atoms with Crippen LogP contribution in [0.3, 0.4) is 0 Å². The van der Waals surface area contributed by atoms with Gasteiger partial charge in [0, 0.05) is 37.5 Å². The number of nitrogens with zero attached hydrogens (tertiary/aromatic N) is 3. The summed E-state index contributed by atoms with van der Waals surface area (Å²) in [7, 11) is 0. The Balaban J connectivity index is 1.45. The minimum atomic E-state index is 0.190. The third-order valence-corrected chi connectivity index (χ3v) is 3.98. The molecule has 3 rings (SSSR count). The monoisotopic (exact) mass is 299 g/mol. The van der Waals surface area contributed by atoms with Gasteiger partial charge in [-0.25, -0.2) is 9.97 Å². The van der Waals surface area contributed by atoms with Gasteiger partial charge in [0.05, 0.1) is 0 Å². The van der Waals surface area contributed by atoms with Crippen molar-refractivity contribution < 1.29 is 4.79 Å². The number of carbonyl (C=O) groups is 1. The molecule has 116 valence electrons. The molecule has 2 aromatic heterocycles. The summed E-state index contributed by atoms with van der Waals surface area (Å²) in [5, 5.41) is 6.20. The van der Waals surface area contributed by atoms with Crippen LogP contribution in [0.1, 0.15) is 25.7 Å². The highest BCUT2D eigenvalue weighted by Gasteiger charge is 2.21. The van der Waals surface area contributed by atoms with Crippen molar-refractivity contribution in [2.24, 2.45) is 5.92 Å². The van der Waals surface area contributed by atoms with Crippen molar-refractivity contribution >= 4 is 11.7 Å². The molecule has 0 aliphatic heterocycles. The van der Waals surface area contributed by atoms with Crippen LogP contribution >= 0.6 is 0 Å². The summed E-state index contributed by atoms with van der Waals surface area (Å²) in [5.74, 6) is 1.99. The van der Waals surface area contributed by atoms with Crippen LogP contribution in [0.25, 0.3) is 5.82 Å². The Morgan fingerprint density at radius 2 is 1.95 bits per heavy atom. The number of rotatable bonds is 6. The highest BCUT2D eigenvalue weighted by Crippen LogP contribution is 2.24. The number of amides is 1. The lowest BCUT2D eigenvalue weighted by Crippen LogP contribution is -2.33. The van der Waals surface area contributed by atoms with Crippen molar-refractivity contribution in [1.82, 2.24) is 19.9 Å². The molecule has 2 N–H and O–H groups in total. The van der Waals surface area contributed by atoms with E-state index in [1.54, 1.807) is 0 Å². The first kappa shape index (κ1) is 14.6. The van der Waals surface area contributed by atoms with Crippen LogP contribution in [0.2, 0.25) is 0 Å². The fourth-order valence-electron chi connectivity index (χ4n) is 2.78. The summed E-state index contributed by atoms with van der Waals surface area (Å²) in [4.78, 5) is 20.3. The van der Waals surface area contributed by atoms with Gasteiger partial charge in [0.25, 0.3) is 0 Å². The molecule has 0 bridgehead atoms. The predicted octanol–water partition coefficient (Wildman–Crippen LogP) is 1.99. The maximum atomic E-state index is 11.9. The van der Waals surface area contributed by atoms with Gasteiger partial charge in [-0.05, 0) is 25.0 Å². The Kier molecular flexibility index (Phi) is 4.68. The summed E-state index contributed by atoms with van der Waals surface area (Å²) in [6.45, 7) is 1.26. The number of anilines is 1. The lowest BCUT2D eigenvalue weighted by molar-refractivity contribution is -0.124. The predicted molar refractivity (Wildman–Crippen MR) is 84.8 cm³/mol. The molecular formula is C16H21N5O. The van der Waals surface area contributed by atoms with Gasteiger partial charge in [-0.1, -0.05) is 12.8 Å². The fourth-order valence-corrected chi connectivity index (χ4v) is 2.78. The zero-order valence-corrected chi connectivity index (χ0v) is 12.5. The summed E-state index contributed by atoms with van der Waals surface area (Å²) < 4.78 is 1.93. The first-order valence-electron chi connectivity index (χ1n) is 7.80. The van der Waals surface area contributed by atoms with Crippen molar-refractivity contribution in [2.45, 2.75) is 25.7 Å². The first-order valence-corrected chi connectivity index (χ1v) is 7.80. The minimum absolute atomic E-state index is 0.190. The van der Waals surface area contributed by atoms with Crippen LogP contribution in [0.15, 0.2) is 36.9 Å². The van der Waals surface area contributed by atoms with E-state index in [2.05, 4.69) is 20.6 Å². The van der Waals surface area contributed by atoms with E-state index in [1.165, 1.54) is 19.2 Å². The third kappa shape index (κ3) is 3.63.